The van der Waals surface area contributed by atoms with E-state index in [0.29, 0.717) is 17.7 Å². The van der Waals surface area contributed by atoms with E-state index in [1.165, 1.54) is 5.57 Å². The Kier molecular flexibility index (Phi) is 6.11. The number of aromatic hydroxyl groups is 1. The summed E-state index contributed by atoms with van der Waals surface area (Å²) in [5.74, 6) is 0.823. The Bertz CT molecular complexity index is 626. The van der Waals surface area contributed by atoms with E-state index in [1.54, 1.807) is 6.07 Å². The molecule has 1 aromatic carbocycles. The lowest BCUT2D eigenvalue weighted by molar-refractivity contribution is 0.126. The zero-order valence-corrected chi connectivity index (χ0v) is 15.3. The molecule has 0 aromatic heterocycles. The van der Waals surface area contributed by atoms with Gasteiger partial charge in [-0.15, -0.1) is 0 Å². The van der Waals surface area contributed by atoms with Crippen LogP contribution in [0.2, 0.25) is 0 Å². The predicted octanol–water partition coefficient (Wildman–Crippen LogP) is 5.53. The molecule has 1 aliphatic heterocycles. The molecular formula is C21H30O3. The van der Waals surface area contributed by atoms with Gasteiger partial charge < -0.3 is 14.9 Å². The second-order valence-electron chi connectivity index (χ2n) is 7.18. The molecule has 3 nitrogen and oxygen atoms in total. The fraction of sp³-hybridized carbons (Fsp3) is 0.524. The van der Waals surface area contributed by atoms with Crippen molar-refractivity contribution < 1.29 is 14.9 Å². The summed E-state index contributed by atoms with van der Waals surface area (Å²) in [4.78, 5) is 0. The predicted molar refractivity (Wildman–Crippen MR) is 99.3 cm³/mol. The highest BCUT2D eigenvalue weighted by atomic mass is 16.5. The highest BCUT2D eigenvalue weighted by molar-refractivity contribution is 5.67. The number of rotatable bonds is 7. The van der Waals surface area contributed by atoms with Crippen LogP contribution in [0, 0.1) is 0 Å². The third-order valence-electron chi connectivity index (χ3n) is 4.50. The highest BCUT2D eigenvalue weighted by Gasteiger charge is 2.28. The molecule has 0 fully saturated rings. The summed E-state index contributed by atoms with van der Waals surface area (Å²) in [7, 11) is 0. The van der Waals surface area contributed by atoms with Gasteiger partial charge >= 0.3 is 0 Å². The van der Waals surface area contributed by atoms with Gasteiger partial charge in [-0.25, -0.2) is 0 Å². The maximum absolute atomic E-state index is 10.3. The number of hydrogen-bond donors (Lipinski definition) is 2. The number of ether oxygens (including phenoxy) is 1. The topological polar surface area (TPSA) is 49.7 Å². The second-order valence-corrected chi connectivity index (χ2v) is 7.18. The summed E-state index contributed by atoms with van der Waals surface area (Å²) in [6, 6.07) is 3.52. The number of unbranched alkanes of at least 4 members (excludes halogenated alkanes) is 1. The normalized spacial score (nSPS) is 20.2. The maximum atomic E-state index is 10.3. The van der Waals surface area contributed by atoms with Crippen molar-refractivity contribution in [1.82, 2.24) is 0 Å². The van der Waals surface area contributed by atoms with Crippen LogP contribution in [0.15, 0.2) is 29.9 Å². The van der Waals surface area contributed by atoms with Crippen LogP contribution in [0.5, 0.6) is 11.5 Å². The fourth-order valence-electron chi connectivity index (χ4n) is 2.97. The maximum Gasteiger partial charge on any atom is 0.131 e. The van der Waals surface area contributed by atoms with Gasteiger partial charge in [-0.2, -0.15) is 0 Å². The first kappa shape index (κ1) is 18.6. The van der Waals surface area contributed by atoms with E-state index in [2.05, 4.69) is 33.8 Å². The summed E-state index contributed by atoms with van der Waals surface area (Å²) in [5, 5.41) is 20.6. The van der Waals surface area contributed by atoms with Crippen LogP contribution in [0.25, 0.3) is 6.08 Å². The number of hydrogen-bond acceptors (Lipinski definition) is 3. The molecule has 1 heterocycles. The van der Waals surface area contributed by atoms with E-state index in [9.17, 15) is 10.2 Å². The highest BCUT2D eigenvalue weighted by Crippen LogP contribution is 2.40. The molecule has 0 spiro atoms. The number of allylic oxidation sites excluding steroid dienone is 2. The molecule has 0 saturated carbocycles. The van der Waals surface area contributed by atoms with Crippen molar-refractivity contribution in [3.63, 3.8) is 0 Å². The Morgan fingerprint density at radius 1 is 1.33 bits per heavy atom. The monoisotopic (exact) mass is 330 g/mol. The summed E-state index contributed by atoms with van der Waals surface area (Å²) < 4.78 is 6.19. The van der Waals surface area contributed by atoms with E-state index < -0.39 is 11.7 Å². The molecule has 2 atom stereocenters. The van der Waals surface area contributed by atoms with Crippen LogP contribution in [0.4, 0.5) is 0 Å². The van der Waals surface area contributed by atoms with Gasteiger partial charge in [0, 0.05) is 0 Å². The van der Waals surface area contributed by atoms with Crippen molar-refractivity contribution in [2.24, 2.45) is 0 Å². The van der Waals surface area contributed by atoms with Crippen molar-refractivity contribution in [2.75, 3.05) is 0 Å². The largest absolute Gasteiger partial charge is 0.507 e. The van der Waals surface area contributed by atoms with E-state index in [0.717, 1.165) is 31.2 Å². The van der Waals surface area contributed by atoms with Crippen molar-refractivity contribution in [3.05, 3.63) is 41.0 Å². The van der Waals surface area contributed by atoms with Gasteiger partial charge in [0.15, 0.2) is 0 Å². The van der Waals surface area contributed by atoms with Crippen molar-refractivity contribution in [3.8, 4) is 11.5 Å². The average molecular weight is 330 g/mol. The van der Waals surface area contributed by atoms with Gasteiger partial charge in [-0.3, -0.25) is 0 Å². The molecular weight excluding hydrogens is 300 g/mol. The smallest absolute Gasteiger partial charge is 0.131 e. The molecule has 3 heteroatoms. The first-order chi connectivity index (χ1) is 11.3. The van der Waals surface area contributed by atoms with E-state index >= 15 is 0 Å². The zero-order chi connectivity index (χ0) is 17.7. The van der Waals surface area contributed by atoms with Crippen molar-refractivity contribution >= 4 is 6.08 Å². The Morgan fingerprint density at radius 2 is 2.08 bits per heavy atom. The van der Waals surface area contributed by atoms with Gasteiger partial charge in [0.25, 0.3) is 0 Å². The molecule has 2 N–H and O–H groups in total. The first-order valence-electron chi connectivity index (χ1n) is 8.91. The number of fused-ring (bicyclic) bond motifs is 1. The third kappa shape index (κ3) is 4.64. The van der Waals surface area contributed by atoms with Crippen LogP contribution in [0.1, 0.15) is 77.0 Å². The van der Waals surface area contributed by atoms with Crippen molar-refractivity contribution in [1.29, 1.82) is 0 Å². The minimum absolute atomic E-state index is 0.167. The molecule has 2 rings (SSSR count). The molecule has 0 saturated heterocycles. The van der Waals surface area contributed by atoms with E-state index in [-0.39, 0.29) is 5.75 Å². The molecule has 132 valence electrons. The molecule has 2 unspecified atom stereocenters. The summed E-state index contributed by atoms with van der Waals surface area (Å²) in [6.45, 7) is 8.35. The van der Waals surface area contributed by atoms with Gasteiger partial charge in [0.05, 0.1) is 11.7 Å². The molecule has 1 aliphatic rings. The average Bonchev–Trinajstić information content (AvgIpc) is 2.51. The van der Waals surface area contributed by atoms with Crippen LogP contribution in [-0.4, -0.2) is 15.8 Å². The summed E-state index contributed by atoms with van der Waals surface area (Å²) in [6.07, 6.45) is 10.1. The Hall–Kier alpha value is -1.74. The second kappa shape index (κ2) is 7.89. The molecule has 1 aromatic rings. The van der Waals surface area contributed by atoms with Crippen LogP contribution >= 0.6 is 0 Å². The van der Waals surface area contributed by atoms with Gasteiger partial charge in [-0.05, 0) is 69.9 Å². The number of aliphatic hydroxyl groups excluding tert-OH is 1. The molecule has 0 amide bonds. The van der Waals surface area contributed by atoms with Gasteiger partial charge in [-0.1, -0.05) is 31.4 Å². The quantitative estimate of drug-likeness (QED) is 0.647. The number of phenols is 1. The van der Waals surface area contributed by atoms with Crippen molar-refractivity contribution in [2.45, 2.75) is 71.5 Å². The molecule has 0 bridgehead atoms. The molecule has 0 aliphatic carbocycles. The standard InChI is InChI=1S/C21H30O3/c1-5-6-9-18(22)16-13-19(23)17-10-12-21(4,24-20(17)14-16)11-7-8-15(2)3/h8,10,12-14,18,22-23H,5-7,9,11H2,1-4H3. The SMILES string of the molecule is CCCCC(O)c1cc(O)c2c(c1)OC(C)(CCC=C(C)C)C=C2. The lowest BCUT2D eigenvalue weighted by Crippen LogP contribution is -2.31. The molecule has 0 radical (unpaired) electrons. The Labute approximate surface area is 145 Å². The van der Waals surface area contributed by atoms with Crippen LogP contribution < -0.4 is 4.74 Å². The summed E-state index contributed by atoms with van der Waals surface area (Å²) >= 11 is 0. The minimum atomic E-state index is -0.562. The fourth-order valence-corrected chi connectivity index (χ4v) is 2.97. The number of benzene rings is 1. The lowest BCUT2D eigenvalue weighted by Gasteiger charge is -2.32. The molecule has 24 heavy (non-hydrogen) atoms. The van der Waals surface area contributed by atoms with Gasteiger partial charge in [0.2, 0.25) is 0 Å². The van der Waals surface area contributed by atoms with Crippen LogP contribution in [0.3, 0.4) is 0 Å². The minimum Gasteiger partial charge on any atom is -0.507 e. The Morgan fingerprint density at radius 3 is 2.75 bits per heavy atom. The summed E-state index contributed by atoms with van der Waals surface area (Å²) in [5.41, 5.74) is 2.33. The zero-order valence-electron chi connectivity index (χ0n) is 15.3. The van der Waals surface area contributed by atoms with Crippen LogP contribution in [-0.2, 0) is 0 Å². The van der Waals surface area contributed by atoms with Gasteiger partial charge in [0.1, 0.15) is 17.1 Å². The Balaban J connectivity index is 2.19. The van der Waals surface area contributed by atoms with E-state index in [1.807, 2.05) is 18.2 Å². The third-order valence-corrected chi connectivity index (χ3v) is 4.50. The first-order valence-corrected chi connectivity index (χ1v) is 8.91. The number of aliphatic hydroxyl groups is 1. The lowest BCUT2D eigenvalue weighted by atomic mass is 9.93. The van der Waals surface area contributed by atoms with E-state index in [4.69, 9.17) is 4.74 Å². The number of phenolic OH excluding ortho intramolecular Hbond substituents is 1.